The molecule has 2 aliphatic heterocycles. The number of thiocarbonyl (C=S) groups is 1. The van der Waals surface area contributed by atoms with Gasteiger partial charge in [0.2, 0.25) is 0 Å². The number of unbranched alkanes of at least 4 members (excludes halogenated alkanes) is 1. The van der Waals surface area contributed by atoms with Crippen molar-refractivity contribution in [2.75, 3.05) is 24.5 Å². The Morgan fingerprint density at radius 3 is 2.52 bits per heavy atom. The molecule has 1 aromatic rings. The molecule has 0 atom stereocenters. The molecule has 2 fully saturated rings. The molecule has 0 unspecified atom stereocenters. The number of anilines is 1. The van der Waals surface area contributed by atoms with Crippen molar-refractivity contribution in [3.05, 3.63) is 31.9 Å². The normalized spacial score (nSPS) is 18.2. The lowest BCUT2D eigenvalue weighted by atomic mass is 10.0. The van der Waals surface area contributed by atoms with Crippen LogP contribution in [0.1, 0.15) is 56.2 Å². The first-order valence-corrected chi connectivity index (χ1v) is 11.3. The van der Waals surface area contributed by atoms with E-state index in [1.807, 2.05) is 13.0 Å². The summed E-state index contributed by atoms with van der Waals surface area (Å²) in [7, 11) is 0. The van der Waals surface area contributed by atoms with Crippen molar-refractivity contribution in [3.8, 4) is 6.07 Å². The number of pyridine rings is 1. The highest BCUT2D eigenvalue weighted by Crippen LogP contribution is 2.36. The molecule has 0 bridgehead atoms. The number of carbonyl (C=O) groups is 1. The number of aromatic nitrogens is 1. The Labute approximate surface area is 181 Å². The monoisotopic (exact) mass is 430 g/mol. The number of carbonyl (C=O) groups excluding carboxylic acids is 1. The van der Waals surface area contributed by atoms with Crippen molar-refractivity contribution in [3.63, 3.8) is 0 Å². The maximum Gasteiger partial charge on any atom is 0.270 e. The van der Waals surface area contributed by atoms with Gasteiger partial charge in [0.05, 0.1) is 4.91 Å². The lowest BCUT2D eigenvalue weighted by Crippen LogP contribution is -2.33. The Kier molecular flexibility index (Phi) is 6.81. The second-order valence-corrected chi connectivity index (χ2v) is 8.96. The van der Waals surface area contributed by atoms with Crippen molar-refractivity contribution in [2.24, 2.45) is 0 Å². The standard InChI is InChI=1S/C21H26N4O2S2/c1-4-6-11-25-20(27)17(29-21(25)28)12-15-14(3)16(13-22)19(26)24(5-2)18(15)23-9-7-8-10-23/h12H,4-11H2,1-3H3/b17-12-. The summed E-state index contributed by atoms with van der Waals surface area (Å²) in [6, 6.07) is 2.07. The minimum atomic E-state index is -0.262. The molecule has 2 saturated heterocycles. The van der Waals surface area contributed by atoms with E-state index in [4.69, 9.17) is 12.2 Å². The van der Waals surface area contributed by atoms with Crippen LogP contribution in [0.3, 0.4) is 0 Å². The molecule has 0 N–H and O–H groups in total. The molecule has 8 heteroatoms. The Hall–Kier alpha value is -2.11. The van der Waals surface area contributed by atoms with Crippen molar-refractivity contribution < 1.29 is 4.79 Å². The van der Waals surface area contributed by atoms with E-state index in [1.54, 1.807) is 16.4 Å². The van der Waals surface area contributed by atoms with Gasteiger partial charge in [0, 0.05) is 31.7 Å². The van der Waals surface area contributed by atoms with Gasteiger partial charge in [0.1, 0.15) is 21.8 Å². The average Bonchev–Trinajstić information content (AvgIpc) is 3.31. The third kappa shape index (κ3) is 3.99. The van der Waals surface area contributed by atoms with Gasteiger partial charge in [-0.15, -0.1) is 0 Å². The van der Waals surface area contributed by atoms with Crippen molar-refractivity contribution in [1.82, 2.24) is 9.47 Å². The van der Waals surface area contributed by atoms with E-state index in [2.05, 4.69) is 17.9 Å². The number of nitrogens with zero attached hydrogens (tertiary/aromatic N) is 4. The second kappa shape index (κ2) is 9.14. The van der Waals surface area contributed by atoms with Crippen LogP contribution >= 0.6 is 24.0 Å². The molecule has 3 heterocycles. The van der Waals surface area contributed by atoms with E-state index in [0.29, 0.717) is 27.9 Å². The number of hydrogen-bond donors (Lipinski definition) is 0. The molecule has 6 nitrogen and oxygen atoms in total. The summed E-state index contributed by atoms with van der Waals surface area (Å²) >= 11 is 6.72. The Bertz CT molecular complexity index is 968. The van der Waals surface area contributed by atoms with Crippen LogP contribution in [0.25, 0.3) is 6.08 Å². The lowest BCUT2D eigenvalue weighted by Gasteiger charge is -2.26. The van der Waals surface area contributed by atoms with Crippen LogP contribution < -0.4 is 10.5 Å². The van der Waals surface area contributed by atoms with Gasteiger partial charge in [-0.2, -0.15) is 5.26 Å². The first kappa shape index (κ1) is 21.6. The third-order valence-corrected chi connectivity index (χ3v) is 6.83. The summed E-state index contributed by atoms with van der Waals surface area (Å²) in [5, 5.41) is 9.60. The van der Waals surface area contributed by atoms with E-state index in [1.165, 1.54) is 11.8 Å². The molecule has 2 aliphatic rings. The largest absolute Gasteiger partial charge is 0.357 e. The van der Waals surface area contributed by atoms with Crippen LogP contribution in [0.2, 0.25) is 0 Å². The molecule has 3 rings (SSSR count). The Morgan fingerprint density at radius 2 is 1.93 bits per heavy atom. The highest BCUT2D eigenvalue weighted by Gasteiger charge is 2.33. The molecule has 0 aliphatic carbocycles. The molecule has 1 amide bonds. The van der Waals surface area contributed by atoms with Crippen LogP contribution in [-0.2, 0) is 11.3 Å². The van der Waals surface area contributed by atoms with Gasteiger partial charge in [-0.05, 0) is 44.7 Å². The molecule has 0 spiro atoms. The summed E-state index contributed by atoms with van der Waals surface area (Å²) in [5.41, 5.74) is 1.29. The van der Waals surface area contributed by atoms with Gasteiger partial charge in [-0.1, -0.05) is 37.3 Å². The van der Waals surface area contributed by atoms with E-state index in [9.17, 15) is 14.9 Å². The zero-order valence-electron chi connectivity index (χ0n) is 17.2. The number of rotatable bonds is 6. The van der Waals surface area contributed by atoms with Crippen LogP contribution in [-0.4, -0.2) is 39.3 Å². The smallest absolute Gasteiger partial charge is 0.270 e. The van der Waals surface area contributed by atoms with Gasteiger partial charge >= 0.3 is 0 Å². The Morgan fingerprint density at radius 1 is 1.24 bits per heavy atom. The molecule has 29 heavy (non-hydrogen) atoms. The summed E-state index contributed by atoms with van der Waals surface area (Å²) in [6.07, 6.45) is 5.85. The number of hydrogen-bond acceptors (Lipinski definition) is 6. The van der Waals surface area contributed by atoms with E-state index >= 15 is 0 Å². The lowest BCUT2D eigenvalue weighted by molar-refractivity contribution is -0.122. The average molecular weight is 431 g/mol. The highest BCUT2D eigenvalue weighted by molar-refractivity contribution is 8.26. The first-order chi connectivity index (χ1) is 13.9. The van der Waals surface area contributed by atoms with Gasteiger partial charge in [-0.25, -0.2) is 0 Å². The number of amides is 1. The fourth-order valence-corrected chi connectivity index (χ4v) is 5.14. The summed E-state index contributed by atoms with van der Waals surface area (Å²) in [5.74, 6) is 0.721. The molecule has 154 valence electrons. The van der Waals surface area contributed by atoms with Gasteiger partial charge in [-0.3, -0.25) is 19.1 Å². The van der Waals surface area contributed by atoms with Crippen molar-refractivity contribution >= 4 is 46.1 Å². The quantitative estimate of drug-likeness (QED) is 0.507. The molecule has 0 radical (unpaired) electrons. The summed E-state index contributed by atoms with van der Waals surface area (Å²) < 4.78 is 2.24. The predicted molar refractivity (Wildman–Crippen MR) is 122 cm³/mol. The third-order valence-electron chi connectivity index (χ3n) is 5.45. The Balaban J connectivity index is 2.17. The number of nitriles is 1. The topological polar surface area (TPSA) is 69.3 Å². The fourth-order valence-electron chi connectivity index (χ4n) is 3.85. The van der Waals surface area contributed by atoms with E-state index in [-0.39, 0.29) is 17.0 Å². The minimum absolute atomic E-state index is 0.0898. The van der Waals surface area contributed by atoms with E-state index < -0.39 is 0 Å². The van der Waals surface area contributed by atoms with Crippen LogP contribution in [0.15, 0.2) is 9.70 Å². The zero-order chi connectivity index (χ0) is 21.1. The molecular weight excluding hydrogens is 404 g/mol. The SMILES string of the molecule is CCCCN1C(=O)/C(=C/c2c(C)c(C#N)c(=O)n(CC)c2N2CCCC2)SC1=S. The van der Waals surface area contributed by atoms with E-state index in [0.717, 1.165) is 50.2 Å². The molecular formula is C21H26N4O2S2. The van der Waals surface area contributed by atoms with Crippen LogP contribution in [0.4, 0.5) is 5.82 Å². The van der Waals surface area contributed by atoms with Crippen LogP contribution in [0, 0.1) is 18.3 Å². The maximum atomic E-state index is 12.9. The maximum absolute atomic E-state index is 12.9. The fraction of sp³-hybridized carbons (Fsp3) is 0.524. The van der Waals surface area contributed by atoms with Gasteiger partial charge in [0.15, 0.2) is 0 Å². The van der Waals surface area contributed by atoms with Crippen molar-refractivity contribution in [2.45, 2.75) is 53.0 Å². The molecule has 1 aromatic heterocycles. The molecule has 0 saturated carbocycles. The second-order valence-electron chi connectivity index (χ2n) is 7.28. The summed E-state index contributed by atoms with van der Waals surface area (Å²) in [6.45, 7) is 8.60. The number of thioether (sulfide) groups is 1. The van der Waals surface area contributed by atoms with Crippen LogP contribution in [0.5, 0.6) is 0 Å². The minimum Gasteiger partial charge on any atom is -0.357 e. The predicted octanol–water partition coefficient (Wildman–Crippen LogP) is 3.65. The summed E-state index contributed by atoms with van der Waals surface area (Å²) in [4.78, 5) is 30.3. The highest BCUT2D eigenvalue weighted by atomic mass is 32.2. The first-order valence-electron chi connectivity index (χ1n) is 10.1. The van der Waals surface area contributed by atoms with Gasteiger partial charge in [0.25, 0.3) is 11.5 Å². The van der Waals surface area contributed by atoms with Crippen molar-refractivity contribution in [1.29, 1.82) is 5.26 Å². The molecule has 0 aromatic carbocycles. The zero-order valence-corrected chi connectivity index (χ0v) is 18.8. The van der Waals surface area contributed by atoms with Gasteiger partial charge < -0.3 is 4.90 Å².